The van der Waals surface area contributed by atoms with Crippen molar-refractivity contribution in [2.24, 2.45) is 0 Å². The van der Waals surface area contributed by atoms with Crippen molar-refractivity contribution in [1.82, 2.24) is 5.16 Å². The Balaban J connectivity index is 1.57. The van der Waals surface area contributed by atoms with Crippen LogP contribution in [0.25, 0.3) is 11.3 Å². The molecule has 3 aromatic rings. The molecule has 33 heavy (non-hydrogen) atoms. The van der Waals surface area contributed by atoms with Crippen LogP contribution >= 0.6 is 0 Å². The lowest BCUT2D eigenvalue weighted by atomic mass is 9.79. The number of nitrogens with one attached hydrogen (secondary N) is 1. The van der Waals surface area contributed by atoms with E-state index >= 15 is 0 Å². The summed E-state index contributed by atoms with van der Waals surface area (Å²) in [4.78, 5) is -0.170. The molecule has 0 amide bonds. The maximum atomic E-state index is 13.3. The van der Waals surface area contributed by atoms with Crippen LogP contribution in [0.4, 0.5) is 14.6 Å². The second kappa shape index (κ2) is 7.62. The number of hydrogen-bond acceptors (Lipinski definition) is 7. The van der Waals surface area contributed by atoms with Crippen molar-refractivity contribution in [3.8, 4) is 28.6 Å². The summed E-state index contributed by atoms with van der Waals surface area (Å²) in [5.74, 6) is 0.570. The highest BCUT2D eigenvalue weighted by Crippen LogP contribution is 2.58. The molecule has 0 bridgehead atoms. The van der Waals surface area contributed by atoms with Crippen LogP contribution in [0.1, 0.15) is 24.0 Å². The van der Waals surface area contributed by atoms with E-state index in [0.717, 1.165) is 18.4 Å². The second-order valence-electron chi connectivity index (χ2n) is 7.98. The summed E-state index contributed by atoms with van der Waals surface area (Å²) in [7, 11) is -1.45. The lowest BCUT2D eigenvalue weighted by Crippen LogP contribution is -2.20. The molecule has 0 radical (unpaired) electrons. The minimum atomic E-state index is -4.17. The first-order valence-corrected chi connectivity index (χ1v) is 11.6. The number of anilines is 1. The van der Waals surface area contributed by atoms with Crippen molar-refractivity contribution in [2.45, 2.75) is 36.2 Å². The third-order valence-corrected chi connectivity index (χ3v) is 7.47. The number of hydrogen-bond donors (Lipinski definition) is 1. The minimum absolute atomic E-state index is 0.00955. The predicted octanol–water partition coefficient (Wildman–Crippen LogP) is 4.35. The number of alkyl halides is 2. The molecule has 0 saturated heterocycles. The number of halogens is 2. The summed E-state index contributed by atoms with van der Waals surface area (Å²) >= 11 is 0. The van der Waals surface area contributed by atoms with Gasteiger partial charge in [0.05, 0.1) is 14.2 Å². The summed E-state index contributed by atoms with van der Waals surface area (Å²) in [6.07, 6.45) is 2.27. The number of methoxy groups -OCH3 is 2. The molecule has 2 aliphatic rings. The maximum Gasteiger partial charge on any atom is 0.387 e. The summed E-state index contributed by atoms with van der Waals surface area (Å²) in [5.41, 5.74) is 1.87. The quantitative estimate of drug-likeness (QED) is 0.539. The fraction of sp³-hybridized carbons (Fsp3) is 0.318. The number of nitrogens with zero attached hydrogens (tertiary/aromatic N) is 1. The smallest absolute Gasteiger partial charge is 0.387 e. The van der Waals surface area contributed by atoms with Gasteiger partial charge in [0.15, 0.2) is 16.5 Å². The Morgan fingerprint density at radius 1 is 1.12 bits per heavy atom. The second-order valence-corrected chi connectivity index (χ2v) is 9.60. The Kier molecular flexibility index (Phi) is 4.96. The molecule has 1 spiro atoms. The molecule has 0 atom stereocenters. The molecule has 1 fully saturated rings. The van der Waals surface area contributed by atoms with Crippen molar-refractivity contribution >= 4 is 15.8 Å². The highest BCUT2D eigenvalue weighted by Gasteiger charge is 2.50. The molecular weight excluding hydrogens is 458 g/mol. The van der Waals surface area contributed by atoms with Gasteiger partial charge < -0.3 is 18.7 Å². The summed E-state index contributed by atoms with van der Waals surface area (Å²) in [6, 6.07) is 9.37. The van der Waals surface area contributed by atoms with Crippen LogP contribution in [0.3, 0.4) is 0 Å². The first-order valence-electron chi connectivity index (χ1n) is 10.1. The van der Waals surface area contributed by atoms with E-state index in [9.17, 15) is 17.2 Å². The van der Waals surface area contributed by atoms with Gasteiger partial charge in [-0.05, 0) is 49.1 Å². The van der Waals surface area contributed by atoms with E-state index in [2.05, 4.69) is 14.6 Å². The van der Waals surface area contributed by atoms with Gasteiger partial charge in [0, 0.05) is 16.5 Å². The topological polar surface area (TPSA) is 99.9 Å². The van der Waals surface area contributed by atoms with Crippen molar-refractivity contribution in [3.05, 3.63) is 47.5 Å². The molecule has 1 saturated carbocycles. The van der Waals surface area contributed by atoms with Gasteiger partial charge in [-0.2, -0.15) is 8.78 Å². The monoisotopic (exact) mass is 478 g/mol. The first-order chi connectivity index (χ1) is 15.8. The van der Waals surface area contributed by atoms with Gasteiger partial charge in [-0.1, -0.05) is 17.3 Å². The Morgan fingerprint density at radius 2 is 1.82 bits per heavy atom. The van der Waals surface area contributed by atoms with E-state index in [0.29, 0.717) is 23.3 Å². The van der Waals surface area contributed by atoms with Crippen LogP contribution in [-0.4, -0.2) is 34.4 Å². The largest absolute Gasteiger partial charge is 0.495 e. The highest BCUT2D eigenvalue weighted by molar-refractivity contribution is 7.93. The molecular formula is C22H20F2N2O6S. The lowest BCUT2D eigenvalue weighted by Gasteiger charge is -2.25. The maximum absolute atomic E-state index is 13.3. The molecule has 2 aromatic carbocycles. The van der Waals surface area contributed by atoms with E-state index in [1.54, 1.807) is 12.1 Å². The molecule has 0 aliphatic heterocycles. The van der Waals surface area contributed by atoms with Gasteiger partial charge >= 0.3 is 6.61 Å². The Hall–Kier alpha value is -3.34. The zero-order valence-electron chi connectivity index (χ0n) is 17.7. The third-order valence-electron chi connectivity index (χ3n) is 6.07. The zero-order valence-corrected chi connectivity index (χ0v) is 18.5. The fourth-order valence-corrected chi connectivity index (χ4v) is 5.76. The normalized spacial score (nSPS) is 15.7. The van der Waals surface area contributed by atoms with Gasteiger partial charge in [0.25, 0.3) is 10.0 Å². The highest BCUT2D eigenvalue weighted by atomic mass is 32.2. The summed E-state index contributed by atoms with van der Waals surface area (Å²) in [5, 5.41) is 3.97. The number of ether oxygens (including phenoxy) is 3. The third kappa shape index (κ3) is 3.56. The van der Waals surface area contributed by atoms with Crippen molar-refractivity contribution in [3.63, 3.8) is 0 Å². The Bertz CT molecular complexity index is 1310. The van der Waals surface area contributed by atoms with E-state index in [-0.39, 0.29) is 33.4 Å². The van der Waals surface area contributed by atoms with Crippen LogP contribution in [0, 0.1) is 0 Å². The van der Waals surface area contributed by atoms with Gasteiger partial charge in [-0.15, -0.1) is 0 Å². The molecule has 0 unspecified atom stereocenters. The van der Waals surface area contributed by atoms with Gasteiger partial charge in [-0.25, -0.2) is 8.42 Å². The Labute approximate surface area is 188 Å². The van der Waals surface area contributed by atoms with Crippen molar-refractivity contribution in [1.29, 1.82) is 0 Å². The number of rotatable bonds is 7. The van der Waals surface area contributed by atoms with Crippen LogP contribution in [-0.2, 0) is 21.9 Å². The summed E-state index contributed by atoms with van der Waals surface area (Å²) < 4.78 is 75.0. The molecule has 174 valence electrons. The van der Waals surface area contributed by atoms with Gasteiger partial charge in [0.1, 0.15) is 17.2 Å². The average Bonchev–Trinajstić information content (AvgIpc) is 3.45. The number of sulfonamides is 1. The SMILES string of the molecule is COc1cccc(OC)c1S(=O)(=O)Nc1noc2c1CC1(CC1)c1ccc(OC(F)F)cc1-2. The van der Waals surface area contributed by atoms with Gasteiger partial charge in [0.2, 0.25) is 0 Å². The predicted molar refractivity (Wildman–Crippen MR) is 114 cm³/mol. The van der Waals surface area contributed by atoms with Crippen molar-refractivity contribution < 1.29 is 35.9 Å². The molecule has 1 aromatic heterocycles. The van der Waals surface area contributed by atoms with Crippen LogP contribution in [0.15, 0.2) is 45.8 Å². The average molecular weight is 478 g/mol. The molecule has 11 heteroatoms. The molecule has 2 aliphatic carbocycles. The Morgan fingerprint density at radius 3 is 2.42 bits per heavy atom. The van der Waals surface area contributed by atoms with E-state index in [4.69, 9.17) is 14.0 Å². The van der Waals surface area contributed by atoms with Gasteiger partial charge in [-0.3, -0.25) is 4.72 Å². The fourth-order valence-electron chi connectivity index (χ4n) is 4.41. The van der Waals surface area contributed by atoms with E-state index in [1.807, 2.05) is 0 Å². The molecule has 1 heterocycles. The first kappa shape index (κ1) is 21.5. The standard InChI is InChI=1S/C22H20F2N2O6S/c1-29-16-4-3-5-17(30-2)19(16)33(27,28)26-20-14-11-22(8-9-22)15-7-6-12(31-21(23)24)10-13(15)18(14)32-25-20/h3-7,10,21H,8-9,11H2,1-2H3,(H,25,26). The van der Waals surface area contributed by atoms with Crippen LogP contribution in [0.5, 0.6) is 17.2 Å². The van der Waals surface area contributed by atoms with Crippen LogP contribution in [0.2, 0.25) is 0 Å². The van der Waals surface area contributed by atoms with E-state index in [1.165, 1.54) is 38.5 Å². The number of aromatic nitrogens is 1. The lowest BCUT2D eigenvalue weighted by molar-refractivity contribution is -0.0498. The number of benzene rings is 2. The minimum Gasteiger partial charge on any atom is -0.495 e. The molecule has 1 N–H and O–H groups in total. The zero-order chi connectivity index (χ0) is 23.4. The summed E-state index contributed by atoms with van der Waals surface area (Å²) in [6.45, 7) is -2.96. The van der Waals surface area contributed by atoms with Crippen molar-refractivity contribution in [2.75, 3.05) is 18.9 Å². The van der Waals surface area contributed by atoms with E-state index < -0.39 is 16.6 Å². The molecule has 8 nitrogen and oxygen atoms in total. The molecule has 5 rings (SSSR count). The number of fused-ring (bicyclic) bond motifs is 4. The van der Waals surface area contributed by atoms with Crippen LogP contribution < -0.4 is 18.9 Å².